The number of carbonyl (C=O) groups is 1. The van der Waals surface area contributed by atoms with E-state index < -0.39 is 0 Å². The first-order valence-corrected chi connectivity index (χ1v) is 7.01. The molecule has 1 fully saturated rings. The Bertz CT molecular complexity index is 714. The molecule has 112 valence electrons. The fourth-order valence-corrected chi connectivity index (χ4v) is 2.66. The van der Waals surface area contributed by atoms with Crippen molar-refractivity contribution in [2.24, 2.45) is 5.92 Å². The maximum atomic E-state index is 12.2. The second kappa shape index (κ2) is 5.33. The molecule has 2 heterocycles. The van der Waals surface area contributed by atoms with Crippen LogP contribution in [0.25, 0.3) is 5.65 Å². The van der Waals surface area contributed by atoms with Crippen molar-refractivity contribution < 1.29 is 9.90 Å². The highest BCUT2D eigenvalue weighted by Crippen LogP contribution is 2.27. The number of carbonyl (C=O) groups excluding carboxylic acids is 1. The van der Waals surface area contributed by atoms with Gasteiger partial charge in [-0.15, -0.1) is 5.10 Å². The van der Waals surface area contributed by atoms with Gasteiger partial charge >= 0.3 is 5.69 Å². The van der Waals surface area contributed by atoms with Crippen molar-refractivity contribution in [3.63, 3.8) is 0 Å². The summed E-state index contributed by atoms with van der Waals surface area (Å²) in [5, 5.41) is 13.4. The van der Waals surface area contributed by atoms with Crippen molar-refractivity contribution in [2.75, 3.05) is 13.6 Å². The van der Waals surface area contributed by atoms with Crippen molar-refractivity contribution in [1.82, 2.24) is 19.1 Å². The van der Waals surface area contributed by atoms with Gasteiger partial charge in [0.2, 0.25) is 5.91 Å². The van der Waals surface area contributed by atoms with Gasteiger partial charge in [-0.1, -0.05) is 6.07 Å². The van der Waals surface area contributed by atoms with Gasteiger partial charge in [-0.05, 0) is 30.9 Å². The minimum absolute atomic E-state index is 0.0632. The third-order valence-electron chi connectivity index (χ3n) is 3.94. The summed E-state index contributed by atoms with van der Waals surface area (Å²) in [4.78, 5) is 25.8. The molecule has 21 heavy (non-hydrogen) atoms. The van der Waals surface area contributed by atoms with E-state index in [0.717, 1.165) is 12.8 Å². The molecule has 2 aromatic heterocycles. The van der Waals surface area contributed by atoms with Gasteiger partial charge in [-0.3, -0.25) is 9.20 Å². The molecule has 0 bridgehead atoms. The quantitative estimate of drug-likeness (QED) is 0.840. The van der Waals surface area contributed by atoms with Crippen LogP contribution in [-0.4, -0.2) is 49.8 Å². The summed E-state index contributed by atoms with van der Waals surface area (Å²) >= 11 is 0. The van der Waals surface area contributed by atoms with E-state index in [9.17, 15) is 14.7 Å². The standard InChI is InChI=1S/C14H18N4O3/c1-16(8-10-6-11(19)7-10)13(20)9-18-14(21)17-5-3-2-4-12(17)15-18/h2-5,10-11,19H,6-9H2,1H3. The fourth-order valence-electron chi connectivity index (χ4n) is 2.66. The molecule has 3 rings (SSSR count). The molecule has 0 saturated heterocycles. The van der Waals surface area contributed by atoms with Crippen molar-refractivity contribution in [1.29, 1.82) is 0 Å². The molecule has 1 aliphatic carbocycles. The van der Waals surface area contributed by atoms with Crippen molar-refractivity contribution in [2.45, 2.75) is 25.5 Å². The molecular formula is C14H18N4O3. The summed E-state index contributed by atoms with van der Waals surface area (Å²) in [5.74, 6) is 0.202. The number of hydrogen-bond donors (Lipinski definition) is 1. The number of pyridine rings is 1. The van der Waals surface area contributed by atoms with Crippen LogP contribution in [0.2, 0.25) is 0 Å². The normalized spacial score (nSPS) is 21.2. The Hall–Kier alpha value is -2.15. The number of likely N-dealkylation sites (N-methyl/N-ethyl adjacent to an activating group) is 1. The van der Waals surface area contributed by atoms with Gasteiger partial charge in [0.25, 0.3) is 0 Å². The Kier molecular flexibility index (Phi) is 3.50. The zero-order valence-corrected chi connectivity index (χ0v) is 11.8. The Morgan fingerprint density at radius 1 is 1.48 bits per heavy atom. The molecule has 1 amide bonds. The first-order valence-electron chi connectivity index (χ1n) is 7.01. The van der Waals surface area contributed by atoms with E-state index in [2.05, 4.69) is 5.10 Å². The van der Waals surface area contributed by atoms with Gasteiger partial charge in [-0.2, -0.15) is 0 Å². The molecule has 0 aliphatic heterocycles. The summed E-state index contributed by atoms with van der Waals surface area (Å²) in [6, 6.07) is 5.26. The van der Waals surface area contributed by atoms with Crippen molar-refractivity contribution in [3.8, 4) is 0 Å². The third kappa shape index (κ3) is 2.69. The number of aliphatic hydroxyl groups is 1. The monoisotopic (exact) mass is 290 g/mol. The first-order chi connectivity index (χ1) is 10.0. The van der Waals surface area contributed by atoms with Gasteiger partial charge < -0.3 is 10.0 Å². The van der Waals surface area contributed by atoms with E-state index in [1.807, 2.05) is 0 Å². The zero-order valence-electron chi connectivity index (χ0n) is 11.8. The number of amides is 1. The fraction of sp³-hybridized carbons (Fsp3) is 0.500. The Morgan fingerprint density at radius 3 is 2.90 bits per heavy atom. The second-order valence-corrected chi connectivity index (χ2v) is 5.63. The van der Waals surface area contributed by atoms with E-state index in [1.165, 1.54) is 9.08 Å². The molecule has 1 saturated carbocycles. The van der Waals surface area contributed by atoms with Gasteiger partial charge in [-0.25, -0.2) is 9.48 Å². The Morgan fingerprint density at radius 2 is 2.24 bits per heavy atom. The SMILES string of the molecule is CN(CC1CC(O)C1)C(=O)Cn1nc2ccccn2c1=O. The van der Waals surface area contributed by atoms with E-state index >= 15 is 0 Å². The van der Waals surface area contributed by atoms with Crippen LogP contribution in [0.3, 0.4) is 0 Å². The predicted molar refractivity (Wildman–Crippen MR) is 75.8 cm³/mol. The smallest absolute Gasteiger partial charge is 0.350 e. The number of aliphatic hydroxyl groups excluding tert-OH is 1. The van der Waals surface area contributed by atoms with E-state index in [4.69, 9.17) is 0 Å². The summed E-state index contributed by atoms with van der Waals surface area (Å²) < 4.78 is 2.60. The maximum absolute atomic E-state index is 12.2. The average molecular weight is 290 g/mol. The maximum Gasteiger partial charge on any atom is 0.350 e. The molecule has 0 aromatic carbocycles. The molecular weight excluding hydrogens is 272 g/mol. The van der Waals surface area contributed by atoms with Gasteiger partial charge in [0.15, 0.2) is 5.65 Å². The highest BCUT2D eigenvalue weighted by atomic mass is 16.3. The van der Waals surface area contributed by atoms with Gasteiger partial charge in [0, 0.05) is 19.8 Å². The Labute approximate surface area is 121 Å². The van der Waals surface area contributed by atoms with Gasteiger partial charge in [0.1, 0.15) is 6.54 Å². The lowest BCUT2D eigenvalue weighted by Crippen LogP contribution is -2.41. The van der Waals surface area contributed by atoms with E-state index in [0.29, 0.717) is 18.1 Å². The van der Waals surface area contributed by atoms with Crippen LogP contribution in [-0.2, 0) is 11.3 Å². The van der Waals surface area contributed by atoms with Crippen LogP contribution in [0.5, 0.6) is 0 Å². The lowest BCUT2D eigenvalue weighted by molar-refractivity contribution is -0.132. The minimum Gasteiger partial charge on any atom is -0.393 e. The Balaban J connectivity index is 1.68. The van der Waals surface area contributed by atoms with Crippen molar-refractivity contribution in [3.05, 3.63) is 34.9 Å². The first kappa shape index (κ1) is 13.8. The lowest BCUT2D eigenvalue weighted by Gasteiger charge is -2.34. The van der Waals surface area contributed by atoms with Crippen LogP contribution in [0.1, 0.15) is 12.8 Å². The zero-order chi connectivity index (χ0) is 15.0. The number of fused-ring (bicyclic) bond motifs is 1. The molecule has 1 N–H and O–H groups in total. The molecule has 0 unspecified atom stereocenters. The lowest BCUT2D eigenvalue weighted by atomic mass is 9.82. The summed E-state index contributed by atoms with van der Waals surface area (Å²) in [7, 11) is 1.72. The predicted octanol–water partition coefficient (Wildman–Crippen LogP) is -0.275. The largest absolute Gasteiger partial charge is 0.393 e. The molecule has 0 radical (unpaired) electrons. The molecule has 1 aliphatic rings. The molecule has 2 aromatic rings. The molecule has 0 spiro atoms. The summed E-state index contributed by atoms with van der Waals surface area (Å²) in [6.07, 6.45) is 2.89. The summed E-state index contributed by atoms with van der Waals surface area (Å²) in [6.45, 7) is 0.546. The van der Waals surface area contributed by atoms with E-state index in [1.54, 1.807) is 36.3 Å². The minimum atomic E-state index is -0.314. The highest BCUT2D eigenvalue weighted by molar-refractivity contribution is 5.75. The topological polar surface area (TPSA) is 79.8 Å². The average Bonchev–Trinajstić information content (AvgIpc) is 2.74. The molecule has 7 nitrogen and oxygen atoms in total. The van der Waals surface area contributed by atoms with Crippen LogP contribution in [0, 0.1) is 5.92 Å². The number of aromatic nitrogens is 3. The van der Waals surface area contributed by atoms with Crippen LogP contribution in [0.4, 0.5) is 0 Å². The van der Waals surface area contributed by atoms with Crippen LogP contribution >= 0.6 is 0 Å². The van der Waals surface area contributed by atoms with Crippen molar-refractivity contribution >= 4 is 11.6 Å². The number of nitrogens with zero attached hydrogens (tertiary/aromatic N) is 4. The highest BCUT2D eigenvalue weighted by Gasteiger charge is 2.29. The van der Waals surface area contributed by atoms with Crippen LogP contribution < -0.4 is 5.69 Å². The number of rotatable bonds is 4. The third-order valence-corrected chi connectivity index (χ3v) is 3.94. The van der Waals surface area contributed by atoms with Crippen LogP contribution in [0.15, 0.2) is 29.2 Å². The molecule has 7 heteroatoms. The molecule has 0 atom stereocenters. The second-order valence-electron chi connectivity index (χ2n) is 5.63. The number of hydrogen-bond acceptors (Lipinski definition) is 4. The van der Waals surface area contributed by atoms with Gasteiger partial charge in [0.05, 0.1) is 6.10 Å². The van der Waals surface area contributed by atoms with E-state index in [-0.39, 0.29) is 24.2 Å². The summed E-state index contributed by atoms with van der Waals surface area (Å²) in [5.41, 5.74) is 0.214.